The van der Waals surface area contributed by atoms with E-state index in [-0.39, 0.29) is 5.92 Å². The fraction of sp³-hybridized carbons (Fsp3) is 0.647. The average molecular weight is 284 g/mol. The van der Waals surface area contributed by atoms with E-state index >= 15 is 0 Å². The molecule has 3 rings (SSSR count). The molecule has 2 fully saturated rings. The molecule has 1 aliphatic carbocycles. The molecule has 112 valence electrons. The fourth-order valence-corrected chi connectivity index (χ4v) is 3.73. The van der Waals surface area contributed by atoms with E-state index in [1.165, 1.54) is 12.8 Å². The van der Waals surface area contributed by atoms with Crippen LogP contribution in [0.5, 0.6) is 0 Å². The maximum Gasteiger partial charge on any atom is 0.128 e. The van der Waals surface area contributed by atoms with Gasteiger partial charge in [0.05, 0.1) is 12.0 Å². The highest BCUT2D eigenvalue weighted by Crippen LogP contribution is 2.32. The van der Waals surface area contributed by atoms with Crippen LogP contribution >= 0.6 is 0 Å². The number of aromatic nitrogens is 1. The first-order valence-electron chi connectivity index (χ1n) is 8.07. The molecule has 0 bridgehead atoms. The van der Waals surface area contributed by atoms with Gasteiger partial charge in [0, 0.05) is 38.4 Å². The van der Waals surface area contributed by atoms with E-state index in [1.807, 2.05) is 18.3 Å². The minimum absolute atomic E-state index is 0.225. The lowest BCUT2D eigenvalue weighted by molar-refractivity contribution is 0.0994. The van der Waals surface area contributed by atoms with E-state index in [4.69, 9.17) is 0 Å². The molecule has 1 saturated carbocycles. The van der Waals surface area contributed by atoms with Gasteiger partial charge < -0.3 is 4.90 Å². The highest BCUT2D eigenvalue weighted by atomic mass is 15.3. The molecule has 1 aliphatic heterocycles. The second-order valence-corrected chi connectivity index (χ2v) is 6.43. The van der Waals surface area contributed by atoms with Crippen LogP contribution in [0.3, 0.4) is 0 Å². The molecule has 0 amide bonds. The lowest BCUT2D eigenvalue weighted by atomic mass is 9.79. The number of hydrogen-bond donors (Lipinski definition) is 0. The van der Waals surface area contributed by atoms with Crippen molar-refractivity contribution in [2.75, 3.05) is 31.1 Å². The van der Waals surface area contributed by atoms with Gasteiger partial charge in [-0.1, -0.05) is 13.0 Å². The Labute approximate surface area is 127 Å². The van der Waals surface area contributed by atoms with Crippen LogP contribution in [0.1, 0.15) is 26.2 Å². The Hall–Kier alpha value is -1.60. The first kappa shape index (κ1) is 14.3. The van der Waals surface area contributed by atoms with Gasteiger partial charge in [0.25, 0.3) is 0 Å². The van der Waals surface area contributed by atoms with Crippen LogP contribution < -0.4 is 4.90 Å². The summed E-state index contributed by atoms with van der Waals surface area (Å²) in [6, 6.07) is 9.09. The topological polar surface area (TPSA) is 43.2 Å². The quantitative estimate of drug-likeness (QED) is 0.837. The van der Waals surface area contributed by atoms with Gasteiger partial charge in [0.2, 0.25) is 0 Å². The fourth-order valence-electron chi connectivity index (χ4n) is 3.73. The van der Waals surface area contributed by atoms with Crippen LogP contribution in [0, 0.1) is 23.2 Å². The summed E-state index contributed by atoms with van der Waals surface area (Å²) < 4.78 is 0. The largest absolute Gasteiger partial charge is 0.354 e. The second-order valence-electron chi connectivity index (χ2n) is 6.43. The number of nitrogens with zero attached hydrogens (tertiary/aromatic N) is 4. The predicted molar refractivity (Wildman–Crippen MR) is 83.9 cm³/mol. The molecular weight excluding hydrogens is 260 g/mol. The lowest BCUT2D eigenvalue weighted by Crippen LogP contribution is -2.53. The van der Waals surface area contributed by atoms with Gasteiger partial charge in [0.15, 0.2) is 0 Å². The van der Waals surface area contributed by atoms with Gasteiger partial charge in [-0.2, -0.15) is 5.26 Å². The first-order chi connectivity index (χ1) is 10.3. The third-order valence-corrected chi connectivity index (χ3v) is 5.00. The van der Waals surface area contributed by atoms with Gasteiger partial charge in [0.1, 0.15) is 5.82 Å². The summed E-state index contributed by atoms with van der Waals surface area (Å²) in [5, 5.41) is 9.41. The van der Waals surface area contributed by atoms with Crippen molar-refractivity contribution >= 4 is 5.82 Å². The van der Waals surface area contributed by atoms with Gasteiger partial charge in [-0.05, 0) is 37.3 Å². The summed E-state index contributed by atoms with van der Waals surface area (Å²) in [4.78, 5) is 9.33. The van der Waals surface area contributed by atoms with E-state index in [1.54, 1.807) is 0 Å². The zero-order valence-electron chi connectivity index (χ0n) is 12.8. The van der Waals surface area contributed by atoms with Crippen molar-refractivity contribution in [1.29, 1.82) is 5.26 Å². The van der Waals surface area contributed by atoms with Crippen molar-refractivity contribution in [3.8, 4) is 6.07 Å². The molecule has 0 radical (unpaired) electrons. The molecule has 1 aromatic rings. The minimum Gasteiger partial charge on any atom is -0.354 e. The van der Waals surface area contributed by atoms with E-state index < -0.39 is 0 Å². The second kappa shape index (κ2) is 6.44. The summed E-state index contributed by atoms with van der Waals surface area (Å²) in [5.74, 6) is 2.06. The lowest BCUT2D eigenvalue weighted by Gasteiger charge is -2.44. The Morgan fingerprint density at radius 2 is 2.00 bits per heavy atom. The maximum atomic E-state index is 9.41. The zero-order chi connectivity index (χ0) is 14.7. The van der Waals surface area contributed by atoms with Crippen LogP contribution in [-0.2, 0) is 0 Å². The van der Waals surface area contributed by atoms with Crippen molar-refractivity contribution in [2.24, 2.45) is 11.8 Å². The SMILES string of the molecule is CC1CCC(C#N)C(N2CCN(c3ccccn3)CC2)C1. The van der Waals surface area contributed by atoms with Gasteiger partial charge >= 0.3 is 0 Å². The molecule has 0 N–H and O–H groups in total. The van der Waals surface area contributed by atoms with Crippen LogP contribution in [0.25, 0.3) is 0 Å². The smallest absolute Gasteiger partial charge is 0.128 e. The molecule has 21 heavy (non-hydrogen) atoms. The molecule has 3 unspecified atom stereocenters. The molecule has 4 nitrogen and oxygen atoms in total. The molecular formula is C17H24N4. The van der Waals surface area contributed by atoms with Crippen LogP contribution in [-0.4, -0.2) is 42.1 Å². The van der Waals surface area contributed by atoms with E-state index in [0.29, 0.717) is 6.04 Å². The summed E-state index contributed by atoms with van der Waals surface area (Å²) in [7, 11) is 0. The third kappa shape index (κ3) is 3.19. The van der Waals surface area contributed by atoms with Crippen LogP contribution in [0.15, 0.2) is 24.4 Å². The van der Waals surface area contributed by atoms with Gasteiger partial charge in [-0.25, -0.2) is 4.98 Å². The van der Waals surface area contributed by atoms with Crippen molar-refractivity contribution in [2.45, 2.75) is 32.2 Å². The minimum atomic E-state index is 0.225. The Morgan fingerprint density at radius 1 is 1.19 bits per heavy atom. The van der Waals surface area contributed by atoms with Crippen molar-refractivity contribution in [1.82, 2.24) is 9.88 Å². The highest BCUT2D eigenvalue weighted by Gasteiger charge is 2.34. The number of anilines is 1. The van der Waals surface area contributed by atoms with E-state index in [0.717, 1.165) is 44.3 Å². The summed E-state index contributed by atoms with van der Waals surface area (Å²) in [5.41, 5.74) is 0. The molecule has 2 heterocycles. The molecule has 0 aromatic carbocycles. The van der Waals surface area contributed by atoms with Gasteiger partial charge in [-0.3, -0.25) is 4.90 Å². The maximum absolute atomic E-state index is 9.41. The highest BCUT2D eigenvalue weighted by molar-refractivity contribution is 5.38. The van der Waals surface area contributed by atoms with E-state index in [2.05, 4.69) is 33.8 Å². The predicted octanol–water partition coefficient (Wildman–Crippen LogP) is 2.53. The number of nitriles is 1. The van der Waals surface area contributed by atoms with E-state index in [9.17, 15) is 5.26 Å². The molecule has 0 spiro atoms. The average Bonchev–Trinajstić information content (AvgIpc) is 2.56. The Bertz CT molecular complexity index is 487. The summed E-state index contributed by atoms with van der Waals surface area (Å²) in [6.07, 6.45) is 5.32. The standard InChI is InChI=1S/C17H24N4/c1-14-5-6-15(13-18)16(12-14)20-8-10-21(11-9-20)17-4-2-3-7-19-17/h2-4,7,14-16H,5-6,8-12H2,1H3. The Kier molecular flexibility index (Phi) is 4.40. The first-order valence-corrected chi connectivity index (χ1v) is 8.07. The Balaban J connectivity index is 1.61. The normalized spacial score (nSPS) is 30.9. The molecule has 2 aliphatic rings. The van der Waals surface area contributed by atoms with Crippen molar-refractivity contribution < 1.29 is 0 Å². The number of rotatable bonds is 2. The number of pyridine rings is 1. The third-order valence-electron chi connectivity index (χ3n) is 5.00. The summed E-state index contributed by atoms with van der Waals surface area (Å²) >= 11 is 0. The molecule has 4 heteroatoms. The number of hydrogen-bond acceptors (Lipinski definition) is 4. The summed E-state index contributed by atoms with van der Waals surface area (Å²) in [6.45, 7) is 6.45. The molecule has 3 atom stereocenters. The van der Waals surface area contributed by atoms with Crippen molar-refractivity contribution in [3.05, 3.63) is 24.4 Å². The molecule has 1 saturated heterocycles. The van der Waals surface area contributed by atoms with Crippen molar-refractivity contribution in [3.63, 3.8) is 0 Å². The number of piperazine rings is 1. The van der Waals surface area contributed by atoms with Crippen LogP contribution in [0.2, 0.25) is 0 Å². The van der Waals surface area contributed by atoms with Crippen LogP contribution in [0.4, 0.5) is 5.82 Å². The molecule has 1 aromatic heterocycles. The Morgan fingerprint density at radius 3 is 2.67 bits per heavy atom. The van der Waals surface area contributed by atoms with Gasteiger partial charge in [-0.15, -0.1) is 0 Å². The monoisotopic (exact) mass is 284 g/mol. The zero-order valence-corrected chi connectivity index (χ0v) is 12.8.